The summed E-state index contributed by atoms with van der Waals surface area (Å²) in [5, 5.41) is 48.3. The minimum atomic E-state index is -1.63. The maximum atomic E-state index is 11.5. The van der Waals surface area contributed by atoms with Crippen LogP contribution in [-0.2, 0) is 14.3 Å². The molecule has 6 atom stereocenters. The minimum absolute atomic E-state index is 0.551. The largest absolute Gasteiger partial charge is 0.480 e. The Balaban J connectivity index is 2.61. The first-order chi connectivity index (χ1) is 9.27. The van der Waals surface area contributed by atoms with Gasteiger partial charge in [0.15, 0.2) is 6.23 Å². The zero-order chi connectivity index (χ0) is 15.4. The van der Waals surface area contributed by atoms with Crippen LogP contribution in [0.25, 0.3) is 0 Å². The summed E-state index contributed by atoms with van der Waals surface area (Å²) in [6.45, 7) is -0.633. The van der Waals surface area contributed by atoms with Gasteiger partial charge in [-0.1, -0.05) is 0 Å². The summed E-state index contributed by atoms with van der Waals surface area (Å²) < 4.78 is 5.01. The number of carbonyl (C=O) groups is 2. The van der Waals surface area contributed by atoms with Gasteiger partial charge in [0.05, 0.1) is 13.0 Å². The topological polar surface area (TPSA) is 183 Å². The van der Waals surface area contributed by atoms with E-state index in [0.29, 0.717) is 0 Å². The number of hydrogen-bond acceptors (Lipinski definition) is 8. The Labute approximate surface area is 113 Å². The van der Waals surface area contributed by atoms with E-state index in [0.717, 1.165) is 0 Å². The smallest absolute Gasteiger partial charge is 0.321 e. The van der Waals surface area contributed by atoms with E-state index in [1.54, 1.807) is 0 Å². The van der Waals surface area contributed by atoms with E-state index in [9.17, 15) is 24.9 Å². The fraction of sp³-hybridized carbons (Fsp3) is 0.800. The lowest BCUT2D eigenvalue weighted by atomic mass is 9.98. The van der Waals surface area contributed by atoms with Crippen LogP contribution < -0.4 is 11.1 Å². The second-order valence-electron chi connectivity index (χ2n) is 4.47. The lowest BCUT2D eigenvalue weighted by Gasteiger charge is -2.40. The van der Waals surface area contributed by atoms with Crippen LogP contribution in [0.2, 0.25) is 0 Å². The molecule has 0 aliphatic carbocycles. The van der Waals surface area contributed by atoms with E-state index < -0.39 is 61.6 Å². The highest BCUT2D eigenvalue weighted by atomic mass is 16.6. The highest BCUT2D eigenvalue weighted by molar-refractivity contribution is 5.84. The zero-order valence-electron chi connectivity index (χ0n) is 10.4. The maximum absolute atomic E-state index is 11.5. The molecule has 1 saturated heterocycles. The molecule has 0 bridgehead atoms. The fourth-order valence-corrected chi connectivity index (χ4v) is 1.73. The molecule has 0 aromatic heterocycles. The number of carbonyl (C=O) groups excluding carboxylic acids is 1. The van der Waals surface area contributed by atoms with Crippen molar-refractivity contribution in [3.63, 3.8) is 0 Å². The number of nitrogens with two attached hydrogens (primary N) is 1. The van der Waals surface area contributed by atoms with Gasteiger partial charge < -0.3 is 41.3 Å². The van der Waals surface area contributed by atoms with Crippen LogP contribution in [0.4, 0.5) is 0 Å². The number of carboxylic acids is 1. The second kappa shape index (κ2) is 6.92. The Morgan fingerprint density at radius 3 is 2.30 bits per heavy atom. The normalized spacial score (nSPS) is 35.4. The molecular formula is C10H18N2O8. The SMILES string of the molecule is N[C@@H](CC(=O)N[C@@H]1O[C@H](CO)[C@@H](O)[C@H](O)[C@@H]1O)C(=O)O. The molecule has 1 rings (SSSR count). The number of rotatable bonds is 5. The highest BCUT2D eigenvalue weighted by Gasteiger charge is 2.44. The standard InChI is InChI=1S/C10H18N2O8/c11-3(10(18)19)1-5(14)12-9-8(17)7(16)6(15)4(2-13)20-9/h3-4,6-9,13,15-17H,1-2,11H2,(H,12,14)(H,18,19)/t3-,4+,6+,7-,8-,9+/m0/s1. The van der Waals surface area contributed by atoms with Crippen LogP contribution in [0, 0.1) is 0 Å². The number of carboxylic acid groups (broad SMARTS) is 1. The van der Waals surface area contributed by atoms with E-state index in [1.165, 1.54) is 0 Å². The van der Waals surface area contributed by atoms with Crippen LogP contribution in [0.1, 0.15) is 6.42 Å². The second-order valence-corrected chi connectivity index (χ2v) is 4.47. The number of aliphatic carboxylic acids is 1. The van der Waals surface area contributed by atoms with Crippen molar-refractivity contribution in [3.8, 4) is 0 Å². The van der Waals surface area contributed by atoms with Crippen molar-refractivity contribution in [2.75, 3.05) is 6.61 Å². The summed E-state index contributed by atoms with van der Waals surface area (Å²) in [4.78, 5) is 22.0. The lowest BCUT2D eigenvalue weighted by Crippen LogP contribution is -2.63. The van der Waals surface area contributed by atoms with E-state index >= 15 is 0 Å². The van der Waals surface area contributed by atoms with Crippen molar-refractivity contribution in [1.29, 1.82) is 0 Å². The van der Waals surface area contributed by atoms with Crippen LogP contribution in [0.3, 0.4) is 0 Å². The molecule has 116 valence electrons. The van der Waals surface area contributed by atoms with Crippen molar-refractivity contribution in [3.05, 3.63) is 0 Å². The predicted octanol–water partition coefficient (Wildman–Crippen LogP) is -4.30. The summed E-state index contributed by atoms with van der Waals surface area (Å²) in [5.74, 6) is -2.18. The van der Waals surface area contributed by atoms with Gasteiger partial charge >= 0.3 is 5.97 Å². The van der Waals surface area contributed by atoms with Crippen LogP contribution in [-0.4, -0.2) is 80.7 Å². The molecular weight excluding hydrogens is 276 g/mol. The van der Waals surface area contributed by atoms with Gasteiger partial charge in [-0.3, -0.25) is 9.59 Å². The molecule has 8 N–H and O–H groups in total. The number of ether oxygens (including phenoxy) is 1. The van der Waals surface area contributed by atoms with E-state index in [1.807, 2.05) is 0 Å². The first kappa shape index (κ1) is 16.8. The number of amides is 1. The van der Waals surface area contributed by atoms with Crippen molar-refractivity contribution in [2.45, 2.75) is 43.1 Å². The summed E-state index contributed by atoms with van der Waals surface area (Å²) in [6, 6.07) is -1.42. The van der Waals surface area contributed by atoms with Gasteiger partial charge in [-0.05, 0) is 0 Å². The molecule has 0 aromatic rings. The number of hydrogen-bond donors (Lipinski definition) is 7. The zero-order valence-corrected chi connectivity index (χ0v) is 10.4. The average molecular weight is 294 g/mol. The molecule has 0 spiro atoms. The molecule has 0 aromatic carbocycles. The van der Waals surface area contributed by atoms with Gasteiger partial charge in [0.2, 0.25) is 5.91 Å². The number of aliphatic hydroxyl groups excluding tert-OH is 4. The van der Waals surface area contributed by atoms with E-state index in [-0.39, 0.29) is 0 Å². The van der Waals surface area contributed by atoms with Crippen molar-refractivity contribution in [2.24, 2.45) is 5.73 Å². The molecule has 1 fully saturated rings. The quantitative estimate of drug-likeness (QED) is 0.263. The Hall–Kier alpha value is -1.30. The predicted molar refractivity (Wildman–Crippen MR) is 62.1 cm³/mol. The molecule has 10 nitrogen and oxygen atoms in total. The molecule has 20 heavy (non-hydrogen) atoms. The van der Waals surface area contributed by atoms with Gasteiger partial charge in [-0.2, -0.15) is 0 Å². The molecule has 1 amide bonds. The highest BCUT2D eigenvalue weighted by Crippen LogP contribution is 2.19. The summed E-state index contributed by atoms with van der Waals surface area (Å²) in [6.07, 6.45) is -7.89. The molecule has 10 heteroatoms. The molecule has 0 saturated carbocycles. The number of nitrogens with one attached hydrogen (secondary N) is 1. The maximum Gasteiger partial charge on any atom is 0.321 e. The lowest BCUT2D eigenvalue weighted by molar-refractivity contribution is -0.236. The van der Waals surface area contributed by atoms with Crippen molar-refractivity contribution < 1.29 is 39.9 Å². The summed E-state index contributed by atoms with van der Waals surface area (Å²) >= 11 is 0. The summed E-state index contributed by atoms with van der Waals surface area (Å²) in [7, 11) is 0. The van der Waals surface area contributed by atoms with Gasteiger partial charge in [0.1, 0.15) is 30.5 Å². The van der Waals surface area contributed by atoms with E-state index in [4.69, 9.17) is 20.7 Å². The van der Waals surface area contributed by atoms with Crippen LogP contribution in [0.15, 0.2) is 0 Å². The van der Waals surface area contributed by atoms with Crippen molar-refractivity contribution >= 4 is 11.9 Å². The minimum Gasteiger partial charge on any atom is -0.480 e. The third-order valence-corrected chi connectivity index (χ3v) is 2.92. The third kappa shape index (κ3) is 3.85. The number of aliphatic hydroxyl groups is 4. The molecule has 1 heterocycles. The molecule has 0 radical (unpaired) electrons. The molecule has 0 unspecified atom stereocenters. The van der Waals surface area contributed by atoms with Gasteiger partial charge in [-0.25, -0.2) is 0 Å². The van der Waals surface area contributed by atoms with Crippen LogP contribution >= 0.6 is 0 Å². The first-order valence-corrected chi connectivity index (χ1v) is 5.86. The summed E-state index contributed by atoms with van der Waals surface area (Å²) in [5.41, 5.74) is 5.17. The monoisotopic (exact) mass is 294 g/mol. The van der Waals surface area contributed by atoms with E-state index in [2.05, 4.69) is 5.32 Å². The van der Waals surface area contributed by atoms with Crippen LogP contribution in [0.5, 0.6) is 0 Å². The fourth-order valence-electron chi connectivity index (χ4n) is 1.73. The van der Waals surface area contributed by atoms with Gasteiger partial charge in [-0.15, -0.1) is 0 Å². The average Bonchev–Trinajstić information content (AvgIpc) is 2.39. The Morgan fingerprint density at radius 2 is 1.80 bits per heavy atom. The van der Waals surface area contributed by atoms with Gasteiger partial charge in [0.25, 0.3) is 0 Å². The Morgan fingerprint density at radius 1 is 1.20 bits per heavy atom. The van der Waals surface area contributed by atoms with Gasteiger partial charge in [0, 0.05) is 0 Å². The van der Waals surface area contributed by atoms with Crippen molar-refractivity contribution in [1.82, 2.24) is 5.32 Å². The molecule has 1 aliphatic rings. The molecule has 1 aliphatic heterocycles. The third-order valence-electron chi connectivity index (χ3n) is 2.92. The Bertz CT molecular complexity index is 363. The first-order valence-electron chi connectivity index (χ1n) is 5.86. The Kier molecular flexibility index (Phi) is 5.80.